The summed E-state index contributed by atoms with van der Waals surface area (Å²) in [5.74, 6) is 0.562. The van der Waals surface area contributed by atoms with E-state index in [0.717, 1.165) is 12.8 Å². The van der Waals surface area contributed by atoms with Crippen LogP contribution in [0.5, 0.6) is 0 Å². The van der Waals surface area contributed by atoms with Crippen molar-refractivity contribution in [3.8, 4) is 0 Å². The molecule has 3 heteroatoms. The molecule has 0 nitrogen and oxygen atoms in total. The Morgan fingerprint density at radius 1 is 1.33 bits per heavy atom. The van der Waals surface area contributed by atoms with Crippen LogP contribution >= 0.6 is 38.9 Å². The maximum absolute atomic E-state index is 6.66. The number of fused-ring (bicyclic) bond motifs is 1. The third-order valence-corrected chi connectivity index (χ3v) is 5.95. The Morgan fingerprint density at radius 2 is 2.17 bits per heavy atom. The molecule has 1 aliphatic carbocycles. The average molecular weight is 342 g/mol. The Hall–Kier alpha value is -0.310. The smallest absolute Gasteiger partial charge is 0.0619 e. The largest absolute Gasteiger partial charge is 0.148 e. The Balaban J connectivity index is 1.80. The summed E-state index contributed by atoms with van der Waals surface area (Å²) in [6, 6.07) is 10.8. The van der Waals surface area contributed by atoms with Crippen molar-refractivity contribution in [2.45, 2.75) is 24.6 Å². The molecule has 1 aliphatic rings. The van der Waals surface area contributed by atoms with E-state index in [1.165, 1.54) is 26.9 Å². The number of aryl methyl sites for hydroxylation is 1. The summed E-state index contributed by atoms with van der Waals surface area (Å²) < 4.78 is 1.19. The van der Waals surface area contributed by atoms with E-state index in [4.69, 9.17) is 11.6 Å². The van der Waals surface area contributed by atoms with Crippen LogP contribution in [0.3, 0.4) is 0 Å². The van der Waals surface area contributed by atoms with Crippen LogP contribution in [-0.2, 0) is 12.8 Å². The van der Waals surface area contributed by atoms with E-state index in [1.807, 2.05) is 11.3 Å². The summed E-state index contributed by atoms with van der Waals surface area (Å²) in [6.07, 6.45) is 3.45. The minimum atomic E-state index is 0.163. The summed E-state index contributed by atoms with van der Waals surface area (Å²) in [6.45, 7) is 0. The van der Waals surface area contributed by atoms with Crippen LogP contribution in [0.15, 0.2) is 40.2 Å². The van der Waals surface area contributed by atoms with Crippen LogP contribution in [0, 0.1) is 5.92 Å². The van der Waals surface area contributed by atoms with Crippen molar-refractivity contribution in [1.82, 2.24) is 0 Å². The predicted molar refractivity (Wildman–Crippen MR) is 82.6 cm³/mol. The molecule has 2 atom stereocenters. The molecule has 0 N–H and O–H groups in total. The molecule has 0 spiro atoms. The molecule has 0 fully saturated rings. The molecule has 94 valence electrons. The maximum atomic E-state index is 6.66. The van der Waals surface area contributed by atoms with Gasteiger partial charge in [0.05, 0.1) is 5.38 Å². The van der Waals surface area contributed by atoms with E-state index in [9.17, 15) is 0 Å². The molecule has 1 heterocycles. The molecule has 0 amide bonds. The first kappa shape index (κ1) is 12.7. The van der Waals surface area contributed by atoms with Crippen LogP contribution in [-0.4, -0.2) is 0 Å². The molecule has 1 aromatic heterocycles. The normalized spacial score (nSPS) is 22.8. The third-order valence-electron chi connectivity index (χ3n) is 3.64. The minimum absolute atomic E-state index is 0.163. The molecule has 0 radical (unpaired) electrons. The number of benzene rings is 1. The fraction of sp³-hybridized carbons (Fsp3) is 0.333. The van der Waals surface area contributed by atoms with E-state index in [0.29, 0.717) is 5.92 Å². The van der Waals surface area contributed by atoms with Crippen molar-refractivity contribution in [3.63, 3.8) is 0 Å². The van der Waals surface area contributed by atoms with Crippen LogP contribution in [0.25, 0.3) is 0 Å². The highest BCUT2D eigenvalue weighted by atomic mass is 79.9. The lowest BCUT2D eigenvalue weighted by Gasteiger charge is -2.29. The van der Waals surface area contributed by atoms with Gasteiger partial charge in [-0.1, -0.05) is 24.3 Å². The summed E-state index contributed by atoms with van der Waals surface area (Å²) >= 11 is 12.0. The standard InChI is InChI=1S/C15H14BrClS/c16-12-8-13(18-9-12)7-11-6-5-10-3-1-2-4-14(10)15(11)17/h1-4,8-9,11,15H,5-7H2. The van der Waals surface area contributed by atoms with Crippen molar-refractivity contribution in [3.05, 3.63) is 56.2 Å². The van der Waals surface area contributed by atoms with Gasteiger partial charge in [-0.15, -0.1) is 22.9 Å². The van der Waals surface area contributed by atoms with Gasteiger partial charge in [-0.05, 0) is 58.3 Å². The van der Waals surface area contributed by atoms with Crippen LogP contribution in [0.2, 0.25) is 0 Å². The van der Waals surface area contributed by atoms with Gasteiger partial charge in [0.1, 0.15) is 0 Å². The second kappa shape index (κ2) is 5.36. The topological polar surface area (TPSA) is 0 Å². The minimum Gasteiger partial charge on any atom is -0.148 e. The summed E-state index contributed by atoms with van der Waals surface area (Å²) in [5.41, 5.74) is 2.77. The fourth-order valence-corrected chi connectivity index (χ4v) is 4.67. The van der Waals surface area contributed by atoms with Crippen molar-refractivity contribution in [2.75, 3.05) is 0 Å². The summed E-state index contributed by atoms with van der Waals surface area (Å²) in [5, 5.41) is 2.31. The summed E-state index contributed by atoms with van der Waals surface area (Å²) in [7, 11) is 0. The molecule has 0 saturated carbocycles. The summed E-state index contributed by atoms with van der Waals surface area (Å²) in [4.78, 5) is 1.43. The number of rotatable bonds is 2. The first-order chi connectivity index (χ1) is 8.74. The zero-order valence-corrected chi connectivity index (χ0v) is 13.1. The van der Waals surface area contributed by atoms with Crippen LogP contribution < -0.4 is 0 Å². The Bertz CT molecular complexity index is 549. The van der Waals surface area contributed by atoms with E-state index in [1.54, 1.807) is 0 Å². The lowest BCUT2D eigenvalue weighted by molar-refractivity contribution is 0.445. The van der Waals surface area contributed by atoms with Gasteiger partial charge < -0.3 is 0 Å². The quantitative estimate of drug-likeness (QED) is 0.624. The zero-order chi connectivity index (χ0) is 12.5. The molecule has 2 aromatic rings. The van der Waals surface area contributed by atoms with Gasteiger partial charge >= 0.3 is 0 Å². The molecule has 1 aromatic carbocycles. The van der Waals surface area contributed by atoms with E-state index < -0.39 is 0 Å². The first-order valence-corrected chi connectivity index (χ1v) is 8.30. The second-order valence-corrected chi connectivity index (χ2v) is 7.22. The van der Waals surface area contributed by atoms with Crippen molar-refractivity contribution >= 4 is 38.9 Å². The van der Waals surface area contributed by atoms with Gasteiger partial charge in [0, 0.05) is 14.7 Å². The van der Waals surface area contributed by atoms with Gasteiger partial charge in [-0.2, -0.15) is 0 Å². The SMILES string of the molecule is ClC1c2ccccc2CCC1Cc1cc(Br)cs1. The molecule has 0 bridgehead atoms. The zero-order valence-electron chi connectivity index (χ0n) is 9.90. The predicted octanol–water partition coefficient (Wildman–Crippen LogP) is 5.60. The van der Waals surface area contributed by atoms with Crippen LogP contribution in [0.4, 0.5) is 0 Å². The van der Waals surface area contributed by atoms with Crippen LogP contribution in [0.1, 0.15) is 27.8 Å². The Morgan fingerprint density at radius 3 is 2.94 bits per heavy atom. The number of hydrogen-bond donors (Lipinski definition) is 0. The molecular formula is C15H14BrClS. The maximum Gasteiger partial charge on any atom is 0.0619 e. The highest BCUT2D eigenvalue weighted by molar-refractivity contribution is 9.10. The third kappa shape index (κ3) is 2.52. The average Bonchev–Trinajstić information content (AvgIpc) is 2.79. The lowest BCUT2D eigenvalue weighted by atomic mass is 9.81. The van der Waals surface area contributed by atoms with Gasteiger partial charge in [0.15, 0.2) is 0 Å². The van der Waals surface area contributed by atoms with E-state index >= 15 is 0 Å². The fourth-order valence-electron chi connectivity index (χ4n) is 2.70. The van der Waals surface area contributed by atoms with Crippen molar-refractivity contribution in [1.29, 1.82) is 0 Å². The molecule has 18 heavy (non-hydrogen) atoms. The first-order valence-electron chi connectivity index (χ1n) is 6.19. The number of hydrogen-bond acceptors (Lipinski definition) is 1. The van der Waals surface area contributed by atoms with Crippen molar-refractivity contribution < 1.29 is 0 Å². The van der Waals surface area contributed by atoms with Gasteiger partial charge in [-0.25, -0.2) is 0 Å². The Kier molecular flexibility index (Phi) is 3.78. The molecule has 0 aliphatic heterocycles. The molecule has 3 rings (SSSR count). The van der Waals surface area contributed by atoms with Crippen molar-refractivity contribution in [2.24, 2.45) is 5.92 Å². The highest BCUT2D eigenvalue weighted by Gasteiger charge is 2.27. The Labute approximate surface area is 125 Å². The van der Waals surface area contributed by atoms with E-state index in [-0.39, 0.29) is 5.38 Å². The molecule has 2 unspecified atom stereocenters. The number of thiophene rings is 1. The highest BCUT2D eigenvalue weighted by Crippen LogP contribution is 2.41. The van der Waals surface area contributed by atoms with E-state index in [2.05, 4.69) is 51.6 Å². The lowest BCUT2D eigenvalue weighted by Crippen LogP contribution is -2.18. The van der Waals surface area contributed by atoms with Gasteiger partial charge in [0.25, 0.3) is 0 Å². The molecular weight excluding hydrogens is 328 g/mol. The second-order valence-electron chi connectivity index (χ2n) is 4.83. The monoisotopic (exact) mass is 340 g/mol. The van der Waals surface area contributed by atoms with Gasteiger partial charge in [0.2, 0.25) is 0 Å². The number of alkyl halides is 1. The molecule has 0 saturated heterocycles. The van der Waals surface area contributed by atoms with Gasteiger partial charge in [-0.3, -0.25) is 0 Å². The number of halogens is 2.